The van der Waals surface area contributed by atoms with Gasteiger partial charge in [-0.2, -0.15) is 0 Å². The third-order valence-corrected chi connectivity index (χ3v) is 5.92. The second kappa shape index (κ2) is 4.90. The number of rotatable bonds is 2. The van der Waals surface area contributed by atoms with Crippen molar-refractivity contribution in [3.05, 3.63) is 29.3 Å². The smallest absolute Gasteiger partial charge is 0.0110 e. The maximum Gasteiger partial charge on any atom is 0.0110 e. The molecule has 98 valence electrons. The van der Waals surface area contributed by atoms with Gasteiger partial charge in [0.2, 0.25) is 0 Å². The van der Waals surface area contributed by atoms with Crippen molar-refractivity contribution in [2.75, 3.05) is 6.54 Å². The van der Waals surface area contributed by atoms with Crippen molar-refractivity contribution in [3.8, 4) is 0 Å². The van der Waals surface area contributed by atoms with Crippen molar-refractivity contribution in [1.82, 2.24) is 0 Å². The summed E-state index contributed by atoms with van der Waals surface area (Å²) in [6.07, 6.45) is 7.87. The van der Waals surface area contributed by atoms with E-state index in [0.717, 1.165) is 11.8 Å². The molecule has 0 radical (unpaired) electrons. The fourth-order valence-electron chi connectivity index (χ4n) is 3.57. The number of thioether (sulfide) groups is 1. The minimum atomic E-state index is 0.277. The highest BCUT2D eigenvalue weighted by molar-refractivity contribution is 8.00. The molecule has 18 heavy (non-hydrogen) atoms. The summed E-state index contributed by atoms with van der Waals surface area (Å²) < 4.78 is 0. The Hall–Kier alpha value is -0.470. The van der Waals surface area contributed by atoms with Gasteiger partial charge in [-0.1, -0.05) is 38.3 Å². The van der Waals surface area contributed by atoms with Gasteiger partial charge in [0.05, 0.1) is 0 Å². The monoisotopic (exact) mass is 261 g/mol. The van der Waals surface area contributed by atoms with Crippen LogP contribution in [0.4, 0.5) is 0 Å². The van der Waals surface area contributed by atoms with Crippen LogP contribution in [0, 0.1) is 0 Å². The zero-order valence-corrected chi connectivity index (χ0v) is 12.1. The van der Waals surface area contributed by atoms with Crippen LogP contribution in [0.5, 0.6) is 0 Å². The number of benzene rings is 1. The lowest BCUT2D eigenvalue weighted by atomic mass is 9.69. The van der Waals surface area contributed by atoms with Crippen molar-refractivity contribution in [2.45, 2.75) is 61.0 Å². The molecule has 0 bridgehead atoms. The number of hydrogen-bond donors (Lipinski definition) is 1. The lowest BCUT2D eigenvalue weighted by Crippen LogP contribution is -2.37. The topological polar surface area (TPSA) is 26.0 Å². The highest BCUT2D eigenvalue weighted by Crippen LogP contribution is 2.43. The minimum Gasteiger partial charge on any atom is -0.330 e. The molecule has 3 rings (SSSR count). The van der Waals surface area contributed by atoms with Crippen molar-refractivity contribution < 1.29 is 0 Å². The second-order valence-electron chi connectivity index (χ2n) is 6.00. The Bertz CT molecular complexity index is 435. The Morgan fingerprint density at radius 3 is 2.78 bits per heavy atom. The van der Waals surface area contributed by atoms with Crippen LogP contribution in [0.1, 0.15) is 50.2 Å². The summed E-state index contributed by atoms with van der Waals surface area (Å²) in [6, 6.07) is 7.16. The van der Waals surface area contributed by atoms with E-state index in [1.54, 1.807) is 5.56 Å². The summed E-state index contributed by atoms with van der Waals surface area (Å²) in [7, 11) is 0. The Balaban J connectivity index is 1.94. The third kappa shape index (κ3) is 2.10. The zero-order chi connectivity index (χ0) is 12.6. The minimum absolute atomic E-state index is 0.277. The normalized spacial score (nSPS) is 26.0. The molecule has 1 aliphatic heterocycles. The Morgan fingerprint density at radius 1 is 1.28 bits per heavy atom. The van der Waals surface area contributed by atoms with Crippen LogP contribution in [0.15, 0.2) is 23.1 Å². The van der Waals surface area contributed by atoms with Crippen molar-refractivity contribution in [1.29, 1.82) is 0 Å². The van der Waals surface area contributed by atoms with E-state index in [-0.39, 0.29) is 5.41 Å². The van der Waals surface area contributed by atoms with Crippen LogP contribution in [-0.2, 0) is 11.8 Å². The van der Waals surface area contributed by atoms with E-state index < -0.39 is 0 Å². The predicted molar refractivity (Wildman–Crippen MR) is 79.3 cm³/mol. The second-order valence-corrected chi connectivity index (χ2v) is 7.48. The summed E-state index contributed by atoms with van der Waals surface area (Å²) >= 11 is 2.04. The molecule has 2 heteroatoms. The molecule has 0 aromatic heterocycles. The molecule has 1 fully saturated rings. The molecular formula is C16H23NS. The SMILES string of the molecule is CC1Cc2ccc(C3(CN)CCCCC3)cc2S1. The fraction of sp³-hybridized carbons (Fsp3) is 0.625. The number of fused-ring (bicyclic) bond motifs is 1. The molecule has 2 aliphatic rings. The first-order valence-electron chi connectivity index (χ1n) is 7.24. The summed E-state index contributed by atoms with van der Waals surface area (Å²) in [6.45, 7) is 3.13. The standard InChI is InChI=1S/C16H23NS/c1-12-9-13-5-6-14(10-15(13)18-12)16(11-17)7-3-2-4-8-16/h5-6,10,12H,2-4,7-9,11,17H2,1H3. The molecule has 1 aliphatic carbocycles. The van der Waals surface area contributed by atoms with Crippen LogP contribution in [0.25, 0.3) is 0 Å². The van der Waals surface area contributed by atoms with Crippen LogP contribution in [0.3, 0.4) is 0 Å². The van der Waals surface area contributed by atoms with E-state index in [1.165, 1.54) is 49.0 Å². The summed E-state index contributed by atoms with van der Waals surface area (Å²) in [4.78, 5) is 1.51. The molecule has 2 N–H and O–H groups in total. The van der Waals surface area contributed by atoms with Gasteiger partial charge in [0.25, 0.3) is 0 Å². The number of hydrogen-bond acceptors (Lipinski definition) is 2. The van der Waals surface area contributed by atoms with E-state index >= 15 is 0 Å². The Labute approximate surface area is 115 Å². The third-order valence-electron chi connectivity index (χ3n) is 4.72. The van der Waals surface area contributed by atoms with Crippen LogP contribution in [0.2, 0.25) is 0 Å². The van der Waals surface area contributed by atoms with Crippen LogP contribution < -0.4 is 5.73 Å². The highest BCUT2D eigenvalue weighted by Gasteiger charge is 2.33. The van der Waals surface area contributed by atoms with Gasteiger partial charge >= 0.3 is 0 Å². The van der Waals surface area contributed by atoms with E-state index in [9.17, 15) is 0 Å². The molecule has 0 saturated heterocycles. The van der Waals surface area contributed by atoms with Gasteiger partial charge in [-0.25, -0.2) is 0 Å². The Morgan fingerprint density at radius 2 is 2.06 bits per heavy atom. The van der Waals surface area contributed by atoms with Gasteiger partial charge in [-0.05, 0) is 36.5 Å². The van der Waals surface area contributed by atoms with E-state index in [1.807, 2.05) is 11.8 Å². The molecular weight excluding hydrogens is 238 g/mol. The molecule has 0 amide bonds. The van der Waals surface area contributed by atoms with Gasteiger partial charge in [0, 0.05) is 22.1 Å². The summed E-state index contributed by atoms with van der Waals surface area (Å²) in [5.41, 5.74) is 9.46. The Kier molecular flexibility index (Phi) is 3.42. The molecule has 1 heterocycles. The first kappa shape index (κ1) is 12.6. The van der Waals surface area contributed by atoms with Crippen molar-refractivity contribution in [2.24, 2.45) is 5.73 Å². The van der Waals surface area contributed by atoms with Crippen LogP contribution >= 0.6 is 11.8 Å². The molecule has 1 unspecified atom stereocenters. The maximum atomic E-state index is 6.14. The molecule has 1 nitrogen and oxygen atoms in total. The average molecular weight is 261 g/mol. The van der Waals surface area contributed by atoms with E-state index in [2.05, 4.69) is 25.1 Å². The van der Waals surface area contributed by atoms with Crippen molar-refractivity contribution >= 4 is 11.8 Å². The molecule has 1 aromatic rings. The maximum absolute atomic E-state index is 6.14. The lowest BCUT2D eigenvalue weighted by molar-refractivity contribution is 0.300. The zero-order valence-electron chi connectivity index (χ0n) is 11.2. The van der Waals surface area contributed by atoms with Crippen molar-refractivity contribution in [3.63, 3.8) is 0 Å². The first-order valence-corrected chi connectivity index (χ1v) is 8.12. The summed E-state index contributed by atoms with van der Waals surface area (Å²) in [5, 5.41) is 0.746. The predicted octanol–water partition coefficient (Wildman–Crippen LogP) is 3.88. The fourth-order valence-corrected chi connectivity index (χ4v) is 4.76. The van der Waals surface area contributed by atoms with E-state index in [4.69, 9.17) is 5.73 Å². The van der Waals surface area contributed by atoms with Gasteiger partial charge in [-0.3, -0.25) is 0 Å². The van der Waals surface area contributed by atoms with Gasteiger partial charge in [0.1, 0.15) is 0 Å². The highest BCUT2D eigenvalue weighted by atomic mass is 32.2. The molecule has 1 atom stereocenters. The number of nitrogens with two attached hydrogens (primary N) is 1. The largest absolute Gasteiger partial charge is 0.330 e. The van der Waals surface area contributed by atoms with E-state index in [0.29, 0.717) is 0 Å². The molecule has 1 aromatic carbocycles. The molecule has 0 spiro atoms. The lowest BCUT2D eigenvalue weighted by Gasteiger charge is -2.37. The van der Waals surface area contributed by atoms with Crippen LogP contribution in [-0.4, -0.2) is 11.8 Å². The van der Waals surface area contributed by atoms with Gasteiger partial charge in [0.15, 0.2) is 0 Å². The quantitative estimate of drug-likeness (QED) is 0.874. The molecule has 1 saturated carbocycles. The average Bonchev–Trinajstić information content (AvgIpc) is 2.78. The van der Waals surface area contributed by atoms with Gasteiger partial charge < -0.3 is 5.73 Å². The van der Waals surface area contributed by atoms with Gasteiger partial charge in [-0.15, -0.1) is 11.8 Å². The first-order chi connectivity index (χ1) is 8.73. The summed E-state index contributed by atoms with van der Waals surface area (Å²) in [5.74, 6) is 0.